The van der Waals surface area contributed by atoms with E-state index in [-0.39, 0.29) is 32.3 Å². The highest BCUT2D eigenvalue weighted by atomic mass is 16.3. The van der Waals surface area contributed by atoms with Gasteiger partial charge in [-0.1, -0.05) is 0 Å². The molecule has 5 nitrogen and oxygen atoms in total. The van der Waals surface area contributed by atoms with E-state index in [9.17, 15) is 0 Å². The highest BCUT2D eigenvalue weighted by Gasteiger charge is 2.03. The summed E-state index contributed by atoms with van der Waals surface area (Å²) in [5.41, 5.74) is 0. The largest absolute Gasteiger partial charge is 0.396 e. The summed E-state index contributed by atoms with van der Waals surface area (Å²) in [5, 5.41) is 41.4. The predicted molar refractivity (Wildman–Crippen MR) is 52.7 cm³/mol. The summed E-state index contributed by atoms with van der Waals surface area (Å²) in [4.78, 5) is 0. The van der Waals surface area contributed by atoms with Crippen LogP contribution in [-0.4, -0.2) is 58.1 Å². The molecule has 0 aliphatic carbocycles. The van der Waals surface area contributed by atoms with Gasteiger partial charge >= 0.3 is 0 Å². The number of hydrogen-bond acceptors (Lipinski definition) is 5. The Bertz CT molecular complexity index is 93.2. The van der Waals surface area contributed by atoms with Crippen LogP contribution in [0.5, 0.6) is 0 Å². The van der Waals surface area contributed by atoms with E-state index in [0.717, 1.165) is 0 Å². The predicted octanol–water partition coefficient (Wildman–Crippen LogP) is -1.28. The van der Waals surface area contributed by atoms with Crippen LogP contribution in [0.25, 0.3) is 0 Å². The Labute approximate surface area is 84.6 Å². The van der Waals surface area contributed by atoms with E-state index in [4.69, 9.17) is 25.5 Å². The summed E-state index contributed by atoms with van der Waals surface area (Å²) in [7, 11) is 0. The molecule has 0 amide bonds. The molecule has 0 fully saturated rings. The smallest absolute Gasteiger partial charge is 0.0742 e. The minimum absolute atomic E-state index is 0.0104. The molecule has 0 heterocycles. The fraction of sp³-hybridized carbons (Fsp3) is 1.00. The van der Waals surface area contributed by atoms with Gasteiger partial charge in [0, 0.05) is 25.7 Å². The average molecular weight is 210 g/mol. The Morgan fingerprint density at radius 2 is 1.36 bits per heavy atom. The van der Waals surface area contributed by atoms with Gasteiger partial charge in [0.1, 0.15) is 0 Å². The lowest BCUT2D eigenvalue weighted by Crippen LogP contribution is -2.11. The fourth-order valence-electron chi connectivity index (χ4n) is 0.620. The second-order valence-electron chi connectivity index (χ2n) is 3.13. The highest BCUT2D eigenvalue weighted by Crippen LogP contribution is 2.02. The normalized spacial score (nSPS) is 12.2. The molecule has 0 saturated carbocycles. The van der Waals surface area contributed by atoms with Gasteiger partial charge in [-0.3, -0.25) is 0 Å². The van der Waals surface area contributed by atoms with Crippen molar-refractivity contribution in [3.63, 3.8) is 0 Å². The first-order valence-corrected chi connectivity index (χ1v) is 4.73. The van der Waals surface area contributed by atoms with Crippen LogP contribution in [0.4, 0.5) is 0 Å². The van der Waals surface area contributed by atoms with Crippen LogP contribution in [0.2, 0.25) is 0 Å². The second-order valence-corrected chi connectivity index (χ2v) is 3.13. The quantitative estimate of drug-likeness (QED) is 0.376. The molecule has 0 saturated heterocycles. The van der Waals surface area contributed by atoms with Gasteiger partial charge < -0.3 is 25.5 Å². The molecule has 0 aliphatic heterocycles. The van der Waals surface area contributed by atoms with Gasteiger partial charge in [0.2, 0.25) is 0 Å². The van der Waals surface area contributed by atoms with Crippen LogP contribution in [-0.2, 0) is 0 Å². The summed E-state index contributed by atoms with van der Waals surface area (Å²) >= 11 is 0. The van der Waals surface area contributed by atoms with E-state index in [0.29, 0.717) is 12.8 Å². The number of aliphatic hydroxyl groups is 5. The minimum atomic E-state index is -0.560. The molecule has 1 unspecified atom stereocenters. The van der Waals surface area contributed by atoms with Crippen molar-refractivity contribution in [2.75, 3.05) is 26.4 Å². The van der Waals surface area contributed by atoms with E-state index in [1.54, 1.807) is 0 Å². The third-order valence-corrected chi connectivity index (χ3v) is 1.55. The first kappa shape index (κ1) is 16.2. The van der Waals surface area contributed by atoms with Gasteiger partial charge in [0.15, 0.2) is 0 Å². The van der Waals surface area contributed by atoms with Gasteiger partial charge in [-0.15, -0.1) is 0 Å². The van der Waals surface area contributed by atoms with Crippen molar-refractivity contribution >= 4 is 0 Å². The molecule has 0 aromatic heterocycles. The van der Waals surface area contributed by atoms with E-state index in [1.165, 1.54) is 6.92 Å². The summed E-state index contributed by atoms with van der Waals surface area (Å²) < 4.78 is 0. The molecule has 5 heteroatoms. The number of aliphatic hydroxyl groups excluding tert-OH is 5. The zero-order valence-corrected chi connectivity index (χ0v) is 8.63. The Balaban J connectivity index is 0. The van der Waals surface area contributed by atoms with Gasteiger partial charge in [0.05, 0.1) is 12.7 Å². The molecule has 0 radical (unpaired) electrons. The second kappa shape index (κ2) is 12.8. The molecule has 88 valence electrons. The molecule has 0 rings (SSSR count). The monoisotopic (exact) mass is 210 g/mol. The molecule has 0 aromatic carbocycles. The van der Waals surface area contributed by atoms with Crippen LogP contribution in [0.1, 0.15) is 19.8 Å². The molecule has 0 bridgehead atoms. The molecule has 5 N–H and O–H groups in total. The third kappa shape index (κ3) is 14.3. The third-order valence-electron chi connectivity index (χ3n) is 1.55. The van der Waals surface area contributed by atoms with Gasteiger partial charge in [-0.2, -0.15) is 0 Å². The summed E-state index contributed by atoms with van der Waals surface area (Å²) in [5.74, 6) is -0.0443. The lowest BCUT2D eigenvalue weighted by Gasteiger charge is -2.07. The maximum atomic E-state index is 8.51. The van der Waals surface area contributed by atoms with Crippen LogP contribution < -0.4 is 0 Å². The van der Waals surface area contributed by atoms with E-state index >= 15 is 0 Å². The van der Waals surface area contributed by atoms with Gasteiger partial charge in [0.25, 0.3) is 0 Å². The molecular weight excluding hydrogens is 188 g/mol. The molecule has 1 atom stereocenters. The van der Waals surface area contributed by atoms with Crippen molar-refractivity contribution in [1.82, 2.24) is 0 Å². The highest BCUT2D eigenvalue weighted by molar-refractivity contribution is 4.53. The maximum absolute atomic E-state index is 8.51. The zero-order valence-electron chi connectivity index (χ0n) is 8.63. The van der Waals surface area contributed by atoms with Crippen LogP contribution in [0, 0.1) is 5.92 Å². The molecule has 0 spiro atoms. The number of hydrogen-bond donors (Lipinski definition) is 5. The topological polar surface area (TPSA) is 101 Å². The standard InChI is InChI=1S/C6H14O3.C3H8O2/c7-3-1-2-6(4-8)5-9;1-3(5)2-4/h6-9H,1-5H2;3-5H,2H2,1H3. The average Bonchev–Trinajstić information content (AvgIpc) is 2.20. The Morgan fingerprint density at radius 3 is 1.57 bits per heavy atom. The fourth-order valence-corrected chi connectivity index (χ4v) is 0.620. The van der Waals surface area contributed by atoms with Crippen molar-refractivity contribution in [3.05, 3.63) is 0 Å². The van der Waals surface area contributed by atoms with E-state index < -0.39 is 6.10 Å². The molecule has 0 aromatic rings. The minimum Gasteiger partial charge on any atom is -0.396 e. The zero-order chi connectivity index (χ0) is 11.4. The lowest BCUT2D eigenvalue weighted by atomic mass is 10.1. The molecular formula is C9H22O5. The Morgan fingerprint density at radius 1 is 0.929 bits per heavy atom. The van der Waals surface area contributed by atoms with Crippen molar-refractivity contribution < 1.29 is 25.5 Å². The Hall–Kier alpha value is -0.200. The van der Waals surface area contributed by atoms with E-state index in [1.807, 2.05) is 0 Å². The van der Waals surface area contributed by atoms with Gasteiger partial charge in [-0.25, -0.2) is 0 Å². The van der Waals surface area contributed by atoms with Crippen molar-refractivity contribution in [2.45, 2.75) is 25.9 Å². The maximum Gasteiger partial charge on any atom is 0.0742 e. The van der Waals surface area contributed by atoms with E-state index in [2.05, 4.69) is 0 Å². The van der Waals surface area contributed by atoms with Crippen molar-refractivity contribution in [2.24, 2.45) is 5.92 Å². The van der Waals surface area contributed by atoms with Crippen LogP contribution in [0.15, 0.2) is 0 Å². The van der Waals surface area contributed by atoms with Gasteiger partial charge in [-0.05, 0) is 19.8 Å². The summed E-state index contributed by atoms with van der Waals surface area (Å²) in [6, 6.07) is 0. The van der Waals surface area contributed by atoms with Crippen molar-refractivity contribution in [1.29, 1.82) is 0 Å². The molecule has 0 aliphatic rings. The summed E-state index contributed by atoms with van der Waals surface area (Å²) in [6.45, 7) is 1.55. The lowest BCUT2D eigenvalue weighted by molar-refractivity contribution is 0.110. The first-order valence-electron chi connectivity index (χ1n) is 4.73. The number of rotatable bonds is 6. The Kier molecular flexibility index (Phi) is 14.8. The molecule has 14 heavy (non-hydrogen) atoms. The van der Waals surface area contributed by atoms with Crippen LogP contribution in [0.3, 0.4) is 0 Å². The SMILES string of the molecule is CC(O)CO.OCCCC(CO)CO. The van der Waals surface area contributed by atoms with Crippen LogP contribution >= 0.6 is 0 Å². The summed E-state index contributed by atoms with van der Waals surface area (Å²) in [6.07, 6.45) is 0.796. The first-order chi connectivity index (χ1) is 6.62. The van der Waals surface area contributed by atoms with Crippen molar-refractivity contribution in [3.8, 4) is 0 Å².